The molecule has 4 aromatic rings. The van der Waals surface area contributed by atoms with Gasteiger partial charge in [-0.25, -0.2) is 22.9 Å². The van der Waals surface area contributed by atoms with Gasteiger partial charge in [-0.05, 0) is 54.4 Å². The van der Waals surface area contributed by atoms with E-state index in [-0.39, 0.29) is 16.3 Å². The molecule has 0 spiro atoms. The largest absolute Gasteiger partial charge is 0.496 e. The topological polar surface area (TPSA) is 104 Å². The zero-order chi connectivity index (χ0) is 24.3. The standard InChI is InChI=1S/C24H22FN3O4S2/c1-32-22-11-8-18(25)14-17(22)15-33-24-27-21-5-3-2-4-20(21)23(29)28(24)13-12-16-6-9-19(10-7-16)34(26,30)31/h2-11,14H,12-13,15H2,1H3,(H2,26,30,31). The first-order chi connectivity index (χ1) is 16.3. The fraction of sp³-hybridized carbons (Fsp3) is 0.167. The Bertz CT molecular complexity index is 1500. The minimum absolute atomic E-state index is 0.0288. The van der Waals surface area contributed by atoms with E-state index in [1.807, 2.05) is 6.07 Å². The number of nitrogens with zero attached hydrogens (tertiary/aromatic N) is 2. The number of thioether (sulfide) groups is 1. The van der Waals surface area contributed by atoms with E-state index >= 15 is 0 Å². The molecule has 0 radical (unpaired) electrons. The van der Waals surface area contributed by atoms with Crippen molar-refractivity contribution in [3.05, 3.63) is 94.0 Å². The highest BCUT2D eigenvalue weighted by atomic mass is 32.2. The zero-order valence-electron chi connectivity index (χ0n) is 18.3. The second kappa shape index (κ2) is 9.96. The van der Waals surface area contributed by atoms with Crippen molar-refractivity contribution >= 4 is 32.7 Å². The second-order valence-corrected chi connectivity index (χ2v) is 10.1. The fourth-order valence-electron chi connectivity index (χ4n) is 3.54. The number of nitrogens with two attached hydrogens (primary N) is 1. The molecule has 0 amide bonds. The van der Waals surface area contributed by atoms with Gasteiger partial charge in [-0.3, -0.25) is 9.36 Å². The molecule has 7 nitrogen and oxygen atoms in total. The van der Waals surface area contributed by atoms with Crippen LogP contribution in [0.25, 0.3) is 10.9 Å². The Morgan fingerprint density at radius 2 is 1.82 bits per heavy atom. The van der Waals surface area contributed by atoms with Crippen LogP contribution >= 0.6 is 11.8 Å². The molecule has 0 saturated carbocycles. The fourth-order valence-corrected chi connectivity index (χ4v) is 5.06. The molecule has 176 valence electrons. The minimum atomic E-state index is -3.77. The van der Waals surface area contributed by atoms with Crippen LogP contribution in [0, 0.1) is 5.82 Å². The van der Waals surface area contributed by atoms with Crippen LogP contribution in [0.4, 0.5) is 4.39 Å². The Morgan fingerprint density at radius 1 is 1.09 bits per heavy atom. The number of aromatic nitrogens is 2. The lowest BCUT2D eigenvalue weighted by Gasteiger charge is -2.14. The minimum Gasteiger partial charge on any atom is -0.496 e. The molecule has 4 rings (SSSR count). The smallest absolute Gasteiger partial charge is 0.262 e. The van der Waals surface area contributed by atoms with Gasteiger partial charge in [-0.1, -0.05) is 36.0 Å². The predicted molar refractivity (Wildman–Crippen MR) is 130 cm³/mol. The molecule has 0 atom stereocenters. The number of aryl methyl sites for hydroxylation is 1. The molecular formula is C24H22FN3O4S2. The van der Waals surface area contributed by atoms with Crippen LogP contribution < -0.4 is 15.4 Å². The number of primary sulfonamides is 1. The summed E-state index contributed by atoms with van der Waals surface area (Å²) >= 11 is 1.32. The Labute approximate surface area is 200 Å². The SMILES string of the molecule is COc1ccc(F)cc1CSc1nc2ccccc2c(=O)n1CCc1ccc(S(N)(=O)=O)cc1. The molecule has 0 fully saturated rings. The number of hydrogen-bond donors (Lipinski definition) is 1. The molecule has 0 unspecified atom stereocenters. The van der Waals surface area contributed by atoms with Gasteiger partial charge in [-0.2, -0.15) is 0 Å². The average Bonchev–Trinajstić information content (AvgIpc) is 2.82. The van der Waals surface area contributed by atoms with Crippen molar-refractivity contribution < 1.29 is 17.5 Å². The summed E-state index contributed by atoms with van der Waals surface area (Å²) in [6.07, 6.45) is 0.474. The lowest BCUT2D eigenvalue weighted by molar-refractivity contribution is 0.410. The third kappa shape index (κ3) is 5.30. The molecule has 0 saturated heterocycles. The second-order valence-electron chi connectivity index (χ2n) is 7.55. The van der Waals surface area contributed by atoms with E-state index in [0.717, 1.165) is 5.56 Å². The highest BCUT2D eigenvalue weighted by molar-refractivity contribution is 7.98. The monoisotopic (exact) mass is 499 g/mol. The Morgan fingerprint density at radius 3 is 2.53 bits per heavy atom. The molecule has 1 aromatic heterocycles. The number of fused-ring (bicyclic) bond motifs is 1. The number of hydrogen-bond acceptors (Lipinski definition) is 6. The van der Waals surface area contributed by atoms with Gasteiger partial charge in [0.15, 0.2) is 5.16 Å². The molecule has 0 aliphatic heterocycles. The van der Waals surface area contributed by atoms with Gasteiger partial charge in [0.2, 0.25) is 10.0 Å². The van der Waals surface area contributed by atoms with Gasteiger partial charge in [0.25, 0.3) is 5.56 Å². The summed E-state index contributed by atoms with van der Waals surface area (Å²) in [7, 11) is -2.25. The van der Waals surface area contributed by atoms with Crippen LogP contribution in [0.3, 0.4) is 0 Å². The first kappa shape index (κ1) is 23.9. The maximum absolute atomic E-state index is 13.8. The molecule has 0 bridgehead atoms. The van der Waals surface area contributed by atoms with Crippen molar-refractivity contribution in [3.63, 3.8) is 0 Å². The quantitative estimate of drug-likeness (QED) is 0.293. The van der Waals surface area contributed by atoms with Crippen LogP contribution in [0.1, 0.15) is 11.1 Å². The van der Waals surface area contributed by atoms with Gasteiger partial charge in [0.1, 0.15) is 11.6 Å². The summed E-state index contributed by atoms with van der Waals surface area (Å²) < 4.78 is 43.7. The summed E-state index contributed by atoms with van der Waals surface area (Å²) in [4.78, 5) is 18.0. The van der Waals surface area contributed by atoms with E-state index in [4.69, 9.17) is 9.88 Å². The summed E-state index contributed by atoms with van der Waals surface area (Å²) in [6.45, 7) is 0.327. The number of para-hydroxylation sites is 1. The van der Waals surface area contributed by atoms with Gasteiger partial charge < -0.3 is 4.74 Å². The first-order valence-corrected chi connectivity index (χ1v) is 12.9. The summed E-state index contributed by atoms with van der Waals surface area (Å²) in [5.74, 6) is 0.538. The number of ether oxygens (including phenoxy) is 1. The maximum Gasteiger partial charge on any atom is 0.262 e. The normalized spacial score (nSPS) is 11.6. The van der Waals surface area contributed by atoms with Crippen molar-refractivity contribution in [2.75, 3.05) is 7.11 Å². The molecule has 34 heavy (non-hydrogen) atoms. The van der Waals surface area contributed by atoms with E-state index in [2.05, 4.69) is 4.98 Å². The summed E-state index contributed by atoms with van der Waals surface area (Å²) in [5, 5.41) is 6.16. The number of methoxy groups -OCH3 is 1. The summed E-state index contributed by atoms with van der Waals surface area (Å²) in [6, 6.07) is 17.6. The van der Waals surface area contributed by atoms with E-state index in [1.165, 1.54) is 43.1 Å². The maximum atomic E-state index is 13.8. The molecule has 10 heteroatoms. The number of benzene rings is 3. The van der Waals surface area contributed by atoms with Crippen molar-refractivity contribution in [2.45, 2.75) is 28.8 Å². The highest BCUT2D eigenvalue weighted by Gasteiger charge is 2.14. The van der Waals surface area contributed by atoms with E-state index < -0.39 is 10.0 Å². The van der Waals surface area contributed by atoms with Gasteiger partial charge in [0.05, 0.1) is 22.9 Å². The molecule has 2 N–H and O–H groups in total. The van der Waals surface area contributed by atoms with Gasteiger partial charge in [-0.15, -0.1) is 0 Å². The summed E-state index contributed by atoms with van der Waals surface area (Å²) in [5.41, 5.74) is 1.89. The van der Waals surface area contributed by atoms with Gasteiger partial charge >= 0.3 is 0 Å². The molecular weight excluding hydrogens is 477 g/mol. The van der Waals surface area contributed by atoms with Crippen LogP contribution in [0.2, 0.25) is 0 Å². The number of halogens is 1. The van der Waals surface area contributed by atoms with Crippen molar-refractivity contribution in [2.24, 2.45) is 5.14 Å². The van der Waals surface area contributed by atoms with Crippen molar-refractivity contribution in [3.8, 4) is 5.75 Å². The third-order valence-electron chi connectivity index (χ3n) is 5.30. The average molecular weight is 500 g/mol. The van der Waals surface area contributed by atoms with Crippen LogP contribution in [-0.2, 0) is 28.7 Å². The molecule has 0 aliphatic rings. The van der Waals surface area contributed by atoms with E-state index in [9.17, 15) is 17.6 Å². The first-order valence-electron chi connectivity index (χ1n) is 10.3. The molecule has 0 aliphatic carbocycles. The van der Waals surface area contributed by atoms with Gasteiger partial charge in [0, 0.05) is 17.9 Å². The Balaban J connectivity index is 1.65. The lowest BCUT2D eigenvalue weighted by atomic mass is 10.1. The number of rotatable bonds is 8. The van der Waals surface area contributed by atoms with E-state index in [0.29, 0.717) is 46.1 Å². The Kier molecular flexibility index (Phi) is 7.01. The highest BCUT2D eigenvalue weighted by Crippen LogP contribution is 2.28. The van der Waals surface area contributed by atoms with Crippen LogP contribution in [0.5, 0.6) is 5.75 Å². The zero-order valence-corrected chi connectivity index (χ0v) is 19.9. The molecule has 1 heterocycles. The Hall–Kier alpha value is -3.21. The lowest BCUT2D eigenvalue weighted by Crippen LogP contribution is -2.24. The molecule has 3 aromatic carbocycles. The van der Waals surface area contributed by atoms with Crippen LogP contribution in [0.15, 0.2) is 81.6 Å². The van der Waals surface area contributed by atoms with E-state index in [1.54, 1.807) is 41.0 Å². The predicted octanol–water partition coefficient (Wildman–Crippen LogP) is 3.73. The third-order valence-corrected chi connectivity index (χ3v) is 7.26. The van der Waals surface area contributed by atoms with Crippen molar-refractivity contribution in [1.29, 1.82) is 0 Å². The van der Waals surface area contributed by atoms with Crippen LogP contribution in [-0.4, -0.2) is 25.1 Å². The van der Waals surface area contributed by atoms with Crippen molar-refractivity contribution in [1.82, 2.24) is 9.55 Å². The number of sulfonamides is 1.